The molecule has 106 valence electrons. The molecule has 0 aromatic heterocycles. The Balaban J connectivity index is 2.72. The number of hydrogen-bond donors (Lipinski definition) is 2. The van der Waals surface area contributed by atoms with Crippen molar-refractivity contribution in [2.24, 2.45) is 5.41 Å². The number of halogens is 2. The molecule has 1 rings (SSSR count). The molecule has 0 bridgehead atoms. The highest BCUT2D eigenvalue weighted by molar-refractivity contribution is 9.10. The molecule has 5 heteroatoms. The van der Waals surface area contributed by atoms with E-state index in [1.54, 1.807) is 12.1 Å². The second-order valence-electron chi connectivity index (χ2n) is 4.69. The smallest absolute Gasteiger partial charge is 0.251 e. The number of phenolic OH excluding ortho intramolecular Hbond substituents is 1. The third-order valence-electron chi connectivity index (χ3n) is 3.62. The van der Waals surface area contributed by atoms with Crippen LogP contribution in [-0.4, -0.2) is 23.4 Å². The topological polar surface area (TPSA) is 49.3 Å². The maximum atomic E-state index is 12.0. The fraction of sp³-hybridized carbons (Fsp3) is 0.500. The number of alkyl halides is 1. The number of phenols is 1. The van der Waals surface area contributed by atoms with Gasteiger partial charge >= 0.3 is 0 Å². The van der Waals surface area contributed by atoms with Gasteiger partial charge in [-0.15, -0.1) is 11.6 Å². The van der Waals surface area contributed by atoms with Gasteiger partial charge in [-0.3, -0.25) is 4.79 Å². The van der Waals surface area contributed by atoms with Crippen LogP contribution in [0.5, 0.6) is 5.75 Å². The summed E-state index contributed by atoms with van der Waals surface area (Å²) in [5.74, 6) is 0.382. The molecule has 0 saturated heterocycles. The Morgan fingerprint density at radius 1 is 1.42 bits per heavy atom. The number of aromatic hydroxyl groups is 1. The Morgan fingerprint density at radius 3 is 2.53 bits per heavy atom. The first-order chi connectivity index (χ1) is 8.98. The second-order valence-corrected chi connectivity index (χ2v) is 5.81. The summed E-state index contributed by atoms with van der Waals surface area (Å²) in [5, 5.41) is 12.5. The first-order valence-electron chi connectivity index (χ1n) is 6.30. The van der Waals surface area contributed by atoms with E-state index in [2.05, 4.69) is 35.1 Å². The van der Waals surface area contributed by atoms with Crippen LogP contribution in [-0.2, 0) is 0 Å². The summed E-state index contributed by atoms with van der Waals surface area (Å²) in [4.78, 5) is 12.0. The molecule has 0 spiro atoms. The molecule has 0 heterocycles. The van der Waals surface area contributed by atoms with Crippen LogP contribution in [0.1, 0.15) is 37.0 Å². The van der Waals surface area contributed by atoms with Crippen molar-refractivity contribution in [2.75, 3.05) is 12.4 Å². The van der Waals surface area contributed by atoms with Crippen molar-refractivity contribution in [3.63, 3.8) is 0 Å². The van der Waals surface area contributed by atoms with Crippen molar-refractivity contribution in [3.05, 3.63) is 28.2 Å². The lowest BCUT2D eigenvalue weighted by molar-refractivity contribution is 0.0931. The van der Waals surface area contributed by atoms with E-state index in [-0.39, 0.29) is 17.1 Å². The normalized spacial score (nSPS) is 11.4. The van der Waals surface area contributed by atoms with Crippen LogP contribution in [0.3, 0.4) is 0 Å². The van der Waals surface area contributed by atoms with E-state index in [4.69, 9.17) is 11.6 Å². The lowest BCUT2D eigenvalue weighted by Crippen LogP contribution is -2.38. The van der Waals surface area contributed by atoms with Crippen molar-refractivity contribution < 1.29 is 9.90 Å². The van der Waals surface area contributed by atoms with Crippen molar-refractivity contribution in [2.45, 2.75) is 26.7 Å². The molecule has 1 aromatic rings. The van der Waals surface area contributed by atoms with Gasteiger partial charge in [-0.25, -0.2) is 0 Å². The van der Waals surface area contributed by atoms with E-state index in [9.17, 15) is 9.90 Å². The van der Waals surface area contributed by atoms with E-state index < -0.39 is 0 Å². The number of benzene rings is 1. The molecular formula is C14H19BrClNO2. The molecule has 0 saturated carbocycles. The molecule has 0 aliphatic carbocycles. The van der Waals surface area contributed by atoms with Crippen LogP contribution in [0.2, 0.25) is 0 Å². The average molecular weight is 349 g/mol. The first-order valence-corrected chi connectivity index (χ1v) is 7.63. The van der Waals surface area contributed by atoms with Crippen LogP contribution < -0.4 is 5.32 Å². The minimum atomic E-state index is -0.195. The lowest BCUT2D eigenvalue weighted by atomic mass is 9.84. The molecular weight excluding hydrogens is 330 g/mol. The fourth-order valence-electron chi connectivity index (χ4n) is 1.76. The summed E-state index contributed by atoms with van der Waals surface area (Å²) in [6.45, 7) is 4.69. The van der Waals surface area contributed by atoms with Crippen molar-refractivity contribution in [3.8, 4) is 5.75 Å². The minimum absolute atomic E-state index is 0.0576. The maximum Gasteiger partial charge on any atom is 0.251 e. The average Bonchev–Trinajstić information content (AvgIpc) is 2.43. The Labute approximate surface area is 127 Å². The van der Waals surface area contributed by atoms with Gasteiger partial charge < -0.3 is 10.4 Å². The van der Waals surface area contributed by atoms with Gasteiger partial charge in [0, 0.05) is 23.4 Å². The number of carbonyl (C=O) groups is 1. The molecule has 0 atom stereocenters. The molecule has 3 nitrogen and oxygen atoms in total. The van der Waals surface area contributed by atoms with Crippen LogP contribution in [0.4, 0.5) is 0 Å². The molecule has 0 aliphatic heterocycles. The summed E-state index contributed by atoms with van der Waals surface area (Å²) in [5.41, 5.74) is 0.380. The predicted molar refractivity (Wildman–Crippen MR) is 81.9 cm³/mol. The van der Waals surface area contributed by atoms with Crippen LogP contribution in [0.25, 0.3) is 0 Å². The van der Waals surface area contributed by atoms with E-state index in [1.165, 1.54) is 6.07 Å². The van der Waals surface area contributed by atoms with Crippen molar-refractivity contribution >= 4 is 33.4 Å². The summed E-state index contributed by atoms with van der Waals surface area (Å²) >= 11 is 9.19. The highest BCUT2D eigenvalue weighted by Crippen LogP contribution is 2.27. The molecule has 2 N–H and O–H groups in total. The number of nitrogens with one attached hydrogen (secondary N) is 1. The fourth-order valence-corrected chi connectivity index (χ4v) is 2.48. The first kappa shape index (κ1) is 16.3. The summed E-state index contributed by atoms with van der Waals surface area (Å²) in [7, 11) is 0. The Morgan fingerprint density at radius 2 is 2.05 bits per heavy atom. The molecule has 0 aliphatic rings. The van der Waals surface area contributed by atoms with Gasteiger partial charge in [0.1, 0.15) is 5.75 Å². The third kappa shape index (κ3) is 4.11. The monoisotopic (exact) mass is 347 g/mol. The van der Waals surface area contributed by atoms with Gasteiger partial charge in [-0.05, 0) is 47.0 Å². The summed E-state index contributed by atoms with van der Waals surface area (Å²) in [6, 6.07) is 4.76. The quantitative estimate of drug-likeness (QED) is 0.765. The van der Waals surface area contributed by atoms with E-state index >= 15 is 0 Å². The van der Waals surface area contributed by atoms with Crippen LogP contribution >= 0.6 is 27.5 Å². The number of carbonyl (C=O) groups excluding carboxylic acids is 1. The van der Waals surface area contributed by atoms with E-state index in [0.29, 0.717) is 22.5 Å². The zero-order chi connectivity index (χ0) is 14.5. The highest BCUT2D eigenvalue weighted by Gasteiger charge is 2.25. The maximum absolute atomic E-state index is 12.0. The van der Waals surface area contributed by atoms with Gasteiger partial charge in [-0.1, -0.05) is 13.8 Å². The number of amides is 1. The summed E-state index contributed by atoms with van der Waals surface area (Å²) < 4.78 is 0.571. The second kappa shape index (κ2) is 7.15. The highest BCUT2D eigenvalue weighted by atomic mass is 79.9. The largest absolute Gasteiger partial charge is 0.507 e. The molecule has 1 aromatic carbocycles. The SMILES string of the molecule is CCC(CC)(CCl)CNC(=O)c1ccc(Br)c(O)c1. The Hall–Kier alpha value is -0.740. The molecule has 0 unspecified atom stereocenters. The summed E-state index contributed by atoms with van der Waals surface area (Å²) in [6.07, 6.45) is 1.83. The van der Waals surface area contributed by atoms with Gasteiger partial charge in [0.2, 0.25) is 0 Å². The third-order valence-corrected chi connectivity index (χ3v) is 4.85. The molecule has 1 amide bonds. The molecule has 19 heavy (non-hydrogen) atoms. The van der Waals surface area contributed by atoms with E-state index in [1.807, 2.05) is 0 Å². The van der Waals surface area contributed by atoms with Crippen molar-refractivity contribution in [1.82, 2.24) is 5.32 Å². The van der Waals surface area contributed by atoms with Gasteiger partial charge in [-0.2, -0.15) is 0 Å². The van der Waals surface area contributed by atoms with Crippen LogP contribution in [0, 0.1) is 5.41 Å². The van der Waals surface area contributed by atoms with Gasteiger partial charge in [0.25, 0.3) is 5.91 Å². The Bertz CT molecular complexity index is 439. The zero-order valence-electron chi connectivity index (χ0n) is 11.2. The number of hydrogen-bond acceptors (Lipinski definition) is 2. The van der Waals surface area contributed by atoms with Gasteiger partial charge in [0.15, 0.2) is 0 Å². The molecule has 0 fully saturated rings. The van der Waals surface area contributed by atoms with Crippen LogP contribution in [0.15, 0.2) is 22.7 Å². The minimum Gasteiger partial charge on any atom is -0.507 e. The standard InChI is InChI=1S/C14H19BrClNO2/c1-3-14(4-2,8-16)9-17-13(19)10-5-6-11(15)12(18)7-10/h5-7,18H,3-4,8-9H2,1-2H3,(H,17,19). The van der Waals surface area contributed by atoms with Gasteiger partial charge in [0.05, 0.1) is 4.47 Å². The zero-order valence-corrected chi connectivity index (χ0v) is 13.5. The Kier molecular flexibility index (Phi) is 6.14. The van der Waals surface area contributed by atoms with Crippen molar-refractivity contribution in [1.29, 1.82) is 0 Å². The number of rotatable bonds is 6. The lowest BCUT2D eigenvalue weighted by Gasteiger charge is -2.29. The van der Waals surface area contributed by atoms with E-state index in [0.717, 1.165) is 12.8 Å². The molecule has 0 radical (unpaired) electrons. The predicted octanol–water partition coefficient (Wildman–Crippen LogP) is 3.93.